The van der Waals surface area contributed by atoms with Crippen LogP contribution in [-0.4, -0.2) is 15.4 Å². The maximum absolute atomic E-state index is 11.9. The third kappa shape index (κ3) is 3.09. The average Bonchev–Trinajstić information content (AvgIpc) is 2.73. The van der Waals surface area contributed by atoms with E-state index in [4.69, 9.17) is 0 Å². The van der Waals surface area contributed by atoms with Gasteiger partial charge in [0, 0.05) is 6.42 Å². The Morgan fingerprint density at radius 2 is 2.00 bits per heavy atom. The predicted molar refractivity (Wildman–Crippen MR) is 62.3 cm³/mol. The Morgan fingerprint density at radius 1 is 1.33 bits per heavy atom. The van der Waals surface area contributed by atoms with Gasteiger partial charge in [-0.3, -0.25) is 4.79 Å². The lowest BCUT2D eigenvalue weighted by molar-refractivity contribution is 0.0961. The maximum Gasteiger partial charge on any atom is 0.176 e. The molecule has 0 spiro atoms. The lowest BCUT2D eigenvalue weighted by Crippen LogP contribution is -2.08. The number of aromatic nitrogens is 2. The molecule has 1 rings (SSSR count). The van der Waals surface area contributed by atoms with Gasteiger partial charge in [0.15, 0.2) is 5.78 Å². The van der Waals surface area contributed by atoms with E-state index in [1.807, 2.05) is 6.92 Å². The molecule has 15 heavy (non-hydrogen) atoms. The fraction of sp³-hybridized carbons (Fsp3) is 0.727. The van der Waals surface area contributed by atoms with Crippen LogP contribution in [0.5, 0.6) is 0 Å². The summed E-state index contributed by atoms with van der Waals surface area (Å²) in [5.41, 5.74) is 0.857. The van der Waals surface area contributed by atoms with Crippen LogP contribution in [0.25, 0.3) is 0 Å². The van der Waals surface area contributed by atoms with Crippen LogP contribution in [0.2, 0.25) is 0 Å². The zero-order valence-corrected chi connectivity index (χ0v) is 10.4. The van der Waals surface area contributed by atoms with Gasteiger partial charge in [0.25, 0.3) is 0 Å². The Labute approximate surface area is 95.1 Å². The van der Waals surface area contributed by atoms with Crippen molar-refractivity contribution in [2.45, 2.75) is 46.5 Å². The van der Waals surface area contributed by atoms with Crippen molar-refractivity contribution in [2.75, 3.05) is 0 Å². The maximum atomic E-state index is 11.9. The molecule has 0 aromatic carbocycles. The molecule has 0 aliphatic rings. The van der Waals surface area contributed by atoms with Gasteiger partial charge >= 0.3 is 0 Å². The number of carbonyl (C=O) groups is 1. The van der Waals surface area contributed by atoms with Gasteiger partial charge in [-0.2, -0.15) is 0 Å². The van der Waals surface area contributed by atoms with Crippen LogP contribution in [0.1, 0.15) is 55.4 Å². The minimum Gasteiger partial charge on any atom is -0.293 e. The van der Waals surface area contributed by atoms with Gasteiger partial charge in [-0.05, 0) is 23.9 Å². The topological polar surface area (TPSA) is 42.9 Å². The molecular weight excluding hydrogens is 208 g/mol. The summed E-state index contributed by atoms with van der Waals surface area (Å²) < 4.78 is 3.84. The highest BCUT2D eigenvalue weighted by atomic mass is 32.1. The molecule has 0 saturated heterocycles. The van der Waals surface area contributed by atoms with Crippen LogP contribution < -0.4 is 0 Å². The molecular formula is C11H18N2OS. The minimum absolute atomic E-state index is 0.218. The van der Waals surface area contributed by atoms with E-state index in [0.717, 1.165) is 29.8 Å². The predicted octanol–water partition coefficient (Wildman–Crippen LogP) is 3.11. The summed E-state index contributed by atoms with van der Waals surface area (Å²) in [4.78, 5) is 12.7. The first-order valence-electron chi connectivity index (χ1n) is 5.57. The Balaban J connectivity index is 2.68. The van der Waals surface area contributed by atoms with E-state index in [2.05, 4.69) is 23.4 Å². The number of hydrogen-bond donors (Lipinski definition) is 0. The van der Waals surface area contributed by atoms with E-state index >= 15 is 0 Å². The van der Waals surface area contributed by atoms with Gasteiger partial charge in [-0.1, -0.05) is 38.1 Å². The monoisotopic (exact) mass is 226 g/mol. The summed E-state index contributed by atoms with van der Waals surface area (Å²) in [6.07, 6.45) is 3.57. The van der Waals surface area contributed by atoms with Gasteiger partial charge in [0.2, 0.25) is 0 Å². The second-order valence-corrected chi connectivity index (χ2v) is 4.47. The van der Waals surface area contributed by atoms with Crippen molar-refractivity contribution in [1.82, 2.24) is 9.59 Å². The van der Waals surface area contributed by atoms with E-state index in [1.54, 1.807) is 0 Å². The molecule has 0 bridgehead atoms. The van der Waals surface area contributed by atoms with Crippen LogP contribution in [0.3, 0.4) is 0 Å². The number of nitrogens with zero attached hydrogens (tertiary/aromatic N) is 2. The van der Waals surface area contributed by atoms with Gasteiger partial charge in [-0.25, -0.2) is 0 Å². The molecule has 84 valence electrons. The van der Waals surface area contributed by atoms with Crippen molar-refractivity contribution in [3.63, 3.8) is 0 Å². The fourth-order valence-electron chi connectivity index (χ4n) is 1.58. The highest BCUT2D eigenvalue weighted by Gasteiger charge is 2.17. The molecule has 0 fully saturated rings. The SMILES string of the molecule is CCc1nnsc1C(=O)CC(CC)CC. The Morgan fingerprint density at radius 3 is 2.53 bits per heavy atom. The van der Waals surface area contributed by atoms with Gasteiger partial charge < -0.3 is 0 Å². The number of carbonyl (C=O) groups excluding carboxylic acids is 1. The van der Waals surface area contributed by atoms with E-state index in [0.29, 0.717) is 12.3 Å². The normalized spacial score (nSPS) is 10.9. The summed E-state index contributed by atoms with van der Waals surface area (Å²) in [5, 5.41) is 3.96. The van der Waals surface area contributed by atoms with Crippen LogP contribution in [0, 0.1) is 5.92 Å². The summed E-state index contributed by atoms with van der Waals surface area (Å²) in [5.74, 6) is 0.722. The molecule has 0 saturated carbocycles. The fourth-order valence-corrected chi connectivity index (χ4v) is 2.28. The van der Waals surface area contributed by atoms with E-state index in [-0.39, 0.29) is 5.78 Å². The first-order valence-corrected chi connectivity index (χ1v) is 6.34. The molecule has 4 heteroatoms. The Kier molecular flexibility index (Phi) is 4.88. The van der Waals surface area contributed by atoms with Gasteiger partial charge in [0.1, 0.15) is 4.88 Å². The lowest BCUT2D eigenvalue weighted by atomic mass is 9.96. The molecule has 0 N–H and O–H groups in total. The molecule has 0 unspecified atom stereocenters. The first kappa shape index (κ1) is 12.3. The molecule has 0 radical (unpaired) electrons. The smallest absolute Gasteiger partial charge is 0.176 e. The number of rotatable bonds is 6. The lowest BCUT2D eigenvalue weighted by Gasteiger charge is -2.09. The molecule has 1 heterocycles. The summed E-state index contributed by atoms with van der Waals surface area (Å²) in [6.45, 7) is 6.27. The molecule has 0 aliphatic heterocycles. The van der Waals surface area contributed by atoms with Crippen molar-refractivity contribution in [2.24, 2.45) is 5.92 Å². The number of hydrogen-bond acceptors (Lipinski definition) is 4. The molecule has 0 atom stereocenters. The summed E-state index contributed by atoms with van der Waals surface area (Å²) in [6, 6.07) is 0. The molecule has 1 aromatic heterocycles. The van der Waals surface area contributed by atoms with Crippen molar-refractivity contribution < 1.29 is 4.79 Å². The van der Waals surface area contributed by atoms with Crippen molar-refractivity contribution in [3.8, 4) is 0 Å². The zero-order chi connectivity index (χ0) is 11.3. The summed E-state index contributed by atoms with van der Waals surface area (Å²) in [7, 11) is 0. The van der Waals surface area contributed by atoms with E-state index in [1.165, 1.54) is 11.5 Å². The minimum atomic E-state index is 0.218. The number of Topliss-reactive ketones (excluding diaryl/α,β-unsaturated/α-hetero) is 1. The highest BCUT2D eigenvalue weighted by molar-refractivity contribution is 7.08. The second-order valence-electron chi connectivity index (χ2n) is 3.71. The van der Waals surface area contributed by atoms with Crippen molar-refractivity contribution >= 4 is 17.3 Å². The van der Waals surface area contributed by atoms with Gasteiger partial charge in [0.05, 0.1) is 5.69 Å². The second kappa shape index (κ2) is 5.95. The number of aryl methyl sites for hydroxylation is 1. The third-order valence-electron chi connectivity index (χ3n) is 2.77. The van der Waals surface area contributed by atoms with Crippen LogP contribution in [0.4, 0.5) is 0 Å². The third-order valence-corrected chi connectivity index (χ3v) is 3.58. The highest BCUT2D eigenvalue weighted by Crippen LogP contribution is 2.20. The van der Waals surface area contributed by atoms with Crippen LogP contribution >= 0.6 is 11.5 Å². The largest absolute Gasteiger partial charge is 0.293 e. The average molecular weight is 226 g/mol. The molecule has 1 aromatic rings. The zero-order valence-electron chi connectivity index (χ0n) is 9.62. The number of ketones is 1. The summed E-state index contributed by atoms with van der Waals surface area (Å²) >= 11 is 1.23. The van der Waals surface area contributed by atoms with E-state index < -0.39 is 0 Å². The molecule has 0 aliphatic carbocycles. The van der Waals surface area contributed by atoms with Crippen LogP contribution in [-0.2, 0) is 6.42 Å². The van der Waals surface area contributed by atoms with Crippen LogP contribution in [0.15, 0.2) is 0 Å². The standard InChI is InChI=1S/C11H18N2OS/c1-4-8(5-2)7-10(14)11-9(6-3)12-13-15-11/h8H,4-7H2,1-3H3. The van der Waals surface area contributed by atoms with E-state index in [9.17, 15) is 4.79 Å². The van der Waals surface area contributed by atoms with Crippen molar-refractivity contribution in [1.29, 1.82) is 0 Å². The Hall–Kier alpha value is -0.770. The molecule has 3 nitrogen and oxygen atoms in total. The molecule has 0 amide bonds. The quantitative estimate of drug-likeness (QED) is 0.700. The van der Waals surface area contributed by atoms with Gasteiger partial charge in [-0.15, -0.1) is 5.10 Å². The van der Waals surface area contributed by atoms with Crippen molar-refractivity contribution in [3.05, 3.63) is 10.6 Å². The Bertz CT molecular complexity index is 318. The first-order chi connectivity index (χ1) is 7.22.